The lowest BCUT2D eigenvalue weighted by molar-refractivity contribution is 0.376. The predicted molar refractivity (Wildman–Crippen MR) is 58.8 cm³/mol. The van der Waals surface area contributed by atoms with Crippen LogP contribution in [0.15, 0.2) is 30.3 Å². The fraction of sp³-hybridized carbons (Fsp3) is 0.400. The molecule has 1 unspecified atom stereocenters. The van der Waals surface area contributed by atoms with Crippen LogP contribution in [0.3, 0.4) is 0 Å². The van der Waals surface area contributed by atoms with Crippen LogP contribution in [0.2, 0.25) is 0 Å². The maximum atomic E-state index is 12.1. The fourth-order valence-electron chi connectivity index (χ4n) is 1.39. The summed E-state index contributed by atoms with van der Waals surface area (Å²) in [5.41, 5.74) is 0. The first-order valence-electron chi connectivity index (χ1n) is 4.76. The Labute approximate surface area is 84.9 Å². The summed E-state index contributed by atoms with van der Waals surface area (Å²) < 4.78 is 13.6. The van der Waals surface area contributed by atoms with Crippen molar-refractivity contribution >= 4 is 12.8 Å². The van der Waals surface area contributed by atoms with Crippen LogP contribution in [0.1, 0.15) is 13.8 Å². The summed E-state index contributed by atoms with van der Waals surface area (Å²) in [5.74, 6) is 0. The molecule has 0 spiro atoms. The fourth-order valence-corrected chi connectivity index (χ4v) is 3.05. The molecule has 0 aromatic heterocycles. The molecule has 0 radical (unpaired) electrons. The summed E-state index contributed by atoms with van der Waals surface area (Å²) in [6.45, 7) is 4.93. The third-order valence-electron chi connectivity index (χ3n) is 2.21. The van der Waals surface area contributed by atoms with Crippen molar-refractivity contribution in [3.63, 3.8) is 0 Å². The minimum absolute atomic E-state index is 0.503. The van der Waals surface area contributed by atoms with Gasteiger partial charge in [0.2, 0.25) is 0 Å². The Morgan fingerprint density at radius 2 is 1.71 bits per heavy atom. The van der Waals surface area contributed by atoms with Crippen molar-refractivity contribution in [1.82, 2.24) is 4.67 Å². The minimum Gasteiger partial charge on any atom is -0.330 e. The number of hydrogen-bond donors (Lipinski definition) is 1. The molecule has 1 rings (SSSR count). The van der Waals surface area contributed by atoms with E-state index in [0.29, 0.717) is 18.4 Å². The van der Waals surface area contributed by atoms with Crippen LogP contribution in [-0.2, 0) is 4.57 Å². The molecule has 0 bridgehead atoms. The second-order valence-electron chi connectivity index (χ2n) is 3.02. The van der Waals surface area contributed by atoms with Gasteiger partial charge in [-0.05, 0) is 12.1 Å². The molecule has 0 amide bonds. The smallest absolute Gasteiger partial charge is 0.299 e. The highest BCUT2D eigenvalue weighted by atomic mass is 31.2. The number of benzene rings is 1. The van der Waals surface area contributed by atoms with E-state index in [4.69, 9.17) is 0 Å². The molecule has 4 heteroatoms. The summed E-state index contributed by atoms with van der Waals surface area (Å²) in [7, 11) is -3.32. The highest BCUT2D eigenvalue weighted by molar-refractivity contribution is 7.63. The molecule has 0 aliphatic carbocycles. The largest absolute Gasteiger partial charge is 0.330 e. The van der Waals surface area contributed by atoms with Crippen molar-refractivity contribution in [3.8, 4) is 0 Å². The van der Waals surface area contributed by atoms with E-state index in [-0.39, 0.29) is 0 Å². The van der Waals surface area contributed by atoms with Gasteiger partial charge in [-0.25, -0.2) is 4.67 Å². The lowest BCUT2D eigenvalue weighted by Gasteiger charge is -2.24. The standard InChI is InChI=1S/C10H16NO2P/c1-3-11(4-2)14(12,13)10-8-6-5-7-9-10/h5-9H,3-4H2,1-2H3,(H,12,13). The molecule has 1 atom stereocenters. The lowest BCUT2D eigenvalue weighted by Crippen LogP contribution is -2.25. The average molecular weight is 213 g/mol. The molecule has 0 heterocycles. The molecule has 14 heavy (non-hydrogen) atoms. The van der Waals surface area contributed by atoms with Crippen molar-refractivity contribution in [2.45, 2.75) is 13.8 Å². The predicted octanol–water partition coefficient (Wildman–Crippen LogP) is 1.84. The topological polar surface area (TPSA) is 40.5 Å². The zero-order chi connectivity index (χ0) is 10.6. The molecule has 3 nitrogen and oxygen atoms in total. The number of rotatable bonds is 4. The Hall–Kier alpha value is -0.630. The molecule has 78 valence electrons. The van der Waals surface area contributed by atoms with Gasteiger partial charge in [-0.3, -0.25) is 4.57 Å². The van der Waals surface area contributed by atoms with E-state index in [1.807, 2.05) is 19.9 Å². The van der Waals surface area contributed by atoms with Crippen LogP contribution in [0.25, 0.3) is 0 Å². The molecule has 0 saturated carbocycles. The van der Waals surface area contributed by atoms with Gasteiger partial charge in [0.25, 0.3) is 7.52 Å². The van der Waals surface area contributed by atoms with Crippen LogP contribution in [-0.4, -0.2) is 22.7 Å². The van der Waals surface area contributed by atoms with E-state index in [2.05, 4.69) is 0 Å². The maximum absolute atomic E-state index is 12.1. The summed E-state index contributed by atoms with van der Waals surface area (Å²) in [5, 5.41) is 0.503. The van der Waals surface area contributed by atoms with Gasteiger partial charge in [0.05, 0.1) is 5.30 Å². The number of hydrogen-bond acceptors (Lipinski definition) is 1. The first-order valence-corrected chi connectivity index (χ1v) is 6.38. The SMILES string of the molecule is CCN(CC)P(=O)(O)c1ccccc1. The van der Waals surface area contributed by atoms with E-state index >= 15 is 0 Å². The van der Waals surface area contributed by atoms with Gasteiger partial charge in [-0.2, -0.15) is 0 Å². The Bertz CT molecular complexity index is 322. The first-order chi connectivity index (χ1) is 6.62. The van der Waals surface area contributed by atoms with E-state index in [9.17, 15) is 9.46 Å². The molecule has 1 aromatic carbocycles. The second kappa shape index (κ2) is 4.74. The second-order valence-corrected chi connectivity index (χ2v) is 5.19. The highest BCUT2D eigenvalue weighted by Crippen LogP contribution is 2.43. The van der Waals surface area contributed by atoms with Crippen molar-refractivity contribution in [2.24, 2.45) is 0 Å². The van der Waals surface area contributed by atoms with E-state index in [1.54, 1.807) is 28.9 Å². The Morgan fingerprint density at radius 1 is 1.21 bits per heavy atom. The van der Waals surface area contributed by atoms with Crippen molar-refractivity contribution < 1.29 is 9.46 Å². The number of nitrogens with zero attached hydrogens (tertiary/aromatic N) is 1. The molecule has 0 saturated heterocycles. The van der Waals surface area contributed by atoms with E-state index in [0.717, 1.165) is 0 Å². The van der Waals surface area contributed by atoms with Gasteiger partial charge < -0.3 is 4.89 Å². The van der Waals surface area contributed by atoms with Crippen molar-refractivity contribution in [3.05, 3.63) is 30.3 Å². The average Bonchev–Trinajstić information content (AvgIpc) is 2.20. The van der Waals surface area contributed by atoms with Crippen molar-refractivity contribution in [1.29, 1.82) is 0 Å². The quantitative estimate of drug-likeness (QED) is 0.776. The molecular weight excluding hydrogens is 197 g/mol. The van der Waals surface area contributed by atoms with Crippen LogP contribution in [0, 0.1) is 0 Å². The van der Waals surface area contributed by atoms with E-state index in [1.165, 1.54) is 0 Å². The normalized spacial score (nSPS) is 15.4. The Balaban J connectivity index is 3.01. The van der Waals surface area contributed by atoms with E-state index < -0.39 is 7.52 Å². The molecular formula is C10H16NO2P. The Kier molecular flexibility index (Phi) is 3.87. The summed E-state index contributed by atoms with van der Waals surface area (Å²) in [4.78, 5) is 9.93. The van der Waals surface area contributed by atoms with Gasteiger partial charge in [-0.1, -0.05) is 32.0 Å². The zero-order valence-corrected chi connectivity index (χ0v) is 9.45. The molecule has 0 aliphatic heterocycles. The van der Waals surface area contributed by atoms with Gasteiger partial charge in [-0.15, -0.1) is 0 Å². The highest BCUT2D eigenvalue weighted by Gasteiger charge is 2.27. The van der Waals surface area contributed by atoms with Gasteiger partial charge >= 0.3 is 0 Å². The van der Waals surface area contributed by atoms with Crippen molar-refractivity contribution in [2.75, 3.05) is 13.1 Å². The summed E-state index contributed by atoms with van der Waals surface area (Å²) >= 11 is 0. The zero-order valence-electron chi connectivity index (χ0n) is 8.55. The summed E-state index contributed by atoms with van der Waals surface area (Å²) in [6.07, 6.45) is 0. The third-order valence-corrected chi connectivity index (χ3v) is 4.51. The van der Waals surface area contributed by atoms with Crippen LogP contribution in [0.4, 0.5) is 0 Å². The summed E-state index contributed by atoms with van der Waals surface area (Å²) in [6, 6.07) is 8.79. The van der Waals surface area contributed by atoms with Crippen LogP contribution < -0.4 is 5.30 Å². The first kappa shape index (κ1) is 11.4. The van der Waals surface area contributed by atoms with Crippen LogP contribution in [0.5, 0.6) is 0 Å². The third kappa shape index (κ3) is 2.24. The molecule has 0 fully saturated rings. The minimum atomic E-state index is -3.32. The Morgan fingerprint density at radius 3 is 2.14 bits per heavy atom. The molecule has 1 aromatic rings. The lowest BCUT2D eigenvalue weighted by atomic mass is 10.4. The van der Waals surface area contributed by atoms with Crippen LogP contribution >= 0.6 is 7.52 Å². The van der Waals surface area contributed by atoms with Gasteiger partial charge in [0.15, 0.2) is 0 Å². The molecule has 0 aliphatic rings. The monoisotopic (exact) mass is 213 g/mol. The maximum Gasteiger partial charge on any atom is 0.299 e. The van der Waals surface area contributed by atoms with Gasteiger partial charge in [0, 0.05) is 13.1 Å². The molecule has 1 N–H and O–H groups in total. The van der Waals surface area contributed by atoms with Gasteiger partial charge in [0.1, 0.15) is 0 Å².